The van der Waals surface area contributed by atoms with E-state index in [0.717, 1.165) is 10.6 Å². The predicted octanol–water partition coefficient (Wildman–Crippen LogP) is 2.64. The van der Waals surface area contributed by atoms with E-state index in [-0.39, 0.29) is 10.6 Å². The number of pyridine rings is 1. The maximum absolute atomic E-state index is 11.1. The van der Waals surface area contributed by atoms with Gasteiger partial charge >= 0.3 is 0 Å². The minimum absolute atomic E-state index is 0.0987. The summed E-state index contributed by atoms with van der Waals surface area (Å²) in [6.45, 7) is 0.476. The Balaban J connectivity index is 2.32. The van der Waals surface area contributed by atoms with Gasteiger partial charge in [-0.15, -0.1) is 0 Å². The maximum Gasteiger partial charge on any atom is 0.283 e. The van der Waals surface area contributed by atoms with Crippen molar-refractivity contribution in [2.75, 3.05) is 6.54 Å². The minimum atomic E-state index is -0.370. The second kappa shape index (κ2) is 6.31. The molecule has 0 aliphatic heterocycles. The van der Waals surface area contributed by atoms with E-state index in [1.54, 1.807) is 18.3 Å². The third kappa shape index (κ3) is 3.52. The Morgan fingerprint density at radius 2 is 2.16 bits per heavy atom. The fraction of sp³-hybridized carbons (Fsp3) is 0.154. The normalized spacial score (nSPS) is 10.4. The number of aromatic nitrogens is 1. The summed E-state index contributed by atoms with van der Waals surface area (Å²) in [6.07, 6.45) is 2.30. The molecule has 2 rings (SSSR count). The monoisotopic (exact) mass is 275 g/mol. The Morgan fingerprint density at radius 3 is 2.79 bits per heavy atom. The summed E-state index contributed by atoms with van der Waals surface area (Å²) in [6, 6.07) is 10.7. The van der Waals surface area contributed by atoms with Gasteiger partial charge in [0, 0.05) is 12.3 Å². The van der Waals surface area contributed by atoms with Crippen molar-refractivity contribution in [3.05, 3.63) is 58.3 Å². The van der Waals surface area contributed by atoms with Crippen LogP contribution in [0.4, 0.5) is 5.69 Å². The topological polar surface area (TPSA) is 82.0 Å². The summed E-state index contributed by atoms with van der Waals surface area (Å²) in [4.78, 5) is 15.5. The fourth-order valence-corrected chi connectivity index (χ4v) is 2.49. The Kier molecular flexibility index (Phi) is 4.48. The number of hydrogen-bond acceptors (Lipinski definition) is 5. The molecule has 98 valence electrons. The molecule has 0 atom stereocenters. The Morgan fingerprint density at radius 1 is 1.32 bits per heavy atom. The van der Waals surface area contributed by atoms with Crippen LogP contribution in [0.3, 0.4) is 0 Å². The van der Waals surface area contributed by atoms with Crippen molar-refractivity contribution in [1.82, 2.24) is 4.98 Å². The standard InChI is InChI=1S/C13H13N3O2S/c14-7-6-10-4-5-12(11(9-10)16(17)18)19-13-3-1-2-8-15-13/h1-5,8-9H,6-7,14H2. The van der Waals surface area contributed by atoms with Gasteiger partial charge in [0.25, 0.3) is 5.69 Å². The Bertz CT molecular complexity index is 575. The van der Waals surface area contributed by atoms with Crippen LogP contribution < -0.4 is 5.73 Å². The van der Waals surface area contributed by atoms with Crippen molar-refractivity contribution < 1.29 is 4.92 Å². The van der Waals surface area contributed by atoms with E-state index in [4.69, 9.17) is 5.73 Å². The third-order valence-electron chi connectivity index (χ3n) is 2.51. The lowest BCUT2D eigenvalue weighted by Crippen LogP contribution is -2.03. The van der Waals surface area contributed by atoms with Crippen LogP contribution in [-0.2, 0) is 6.42 Å². The van der Waals surface area contributed by atoms with Gasteiger partial charge in [-0.25, -0.2) is 4.98 Å². The summed E-state index contributed by atoms with van der Waals surface area (Å²) in [5.74, 6) is 0. The lowest BCUT2D eigenvalue weighted by Gasteiger charge is -2.04. The molecule has 1 aromatic carbocycles. The fourth-order valence-electron chi connectivity index (χ4n) is 1.63. The number of hydrogen-bond donors (Lipinski definition) is 1. The molecule has 0 saturated carbocycles. The quantitative estimate of drug-likeness (QED) is 0.670. The highest BCUT2D eigenvalue weighted by molar-refractivity contribution is 7.99. The molecule has 0 aliphatic carbocycles. The first-order chi connectivity index (χ1) is 9.20. The molecule has 2 N–H and O–H groups in total. The summed E-state index contributed by atoms with van der Waals surface area (Å²) < 4.78 is 0. The van der Waals surface area contributed by atoms with Crippen molar-refractivity contribution in [2.24, 2.45) is 5.73 Å². The second-order valence-corrected chi connectivity index (χ2v) is 4.93. The number of rotatable bonds is 5. The highest BCUT2D eigenvalue weighted by Crippen LogP contribution is 2.34. The molecule has 0 spiro atoms. The molecule has 0 aliphatic rings. The molecule has 2 aromatic rings. The van der Waals surface area contributed by atoms with Crippen LogP contribution in [0.2, 0.25) is 0 Å². The molecule has 0 saturated heterocycles. The van der Waals surface area contributed by atoms with E-state index in [1.807, 2.05) is 24.3 Å². The van der Waals surface area contributed by atoms with E-state index in [2.05, 4.69) is 4.98 Å². The average molecular weight is 275 g/mol. The minimum Gasteiger partial charge on any atom is -0.330 e. The largest absolute Gasteiger partial charge is 0.330 e. The van der Waals surface area contributed by atoms with Crippen LogP contribution in [-0.4, -0.2) is 16.5 Å². The number of nitro groups is 1. The van der Waals surface area contributed by atoms with E-state index in [1.165, 1.54) is 11.8 Å². The molecule has 0 unspecified atom stereocenters. The summed E-state index contributed by atoms with van der Waals surface area (Å²) in [5.41, 5.74) is 6.44. The van der Waals surface area contributed by atoms with E-state index >= 15 is 0 Å². The zero-order valence-electron chi connectivity index (χ0n) is 10.2. The van der Waals surface area contributed by atoms with Gasteiger partial charge in [0.1, 0.15) is 5.03 Å². The van der Waals surface area contributed by atoms with Crippen molar-refractivity contribution in [3.63, 3.8) is 0 Å². The number of nitrogens with zero attached hydrogens (tertiary/aromatic N) is 2. The second-order valence-electron chi connectivity index (χ2n) is 3.87. The molecule has 6 heteroatoms. The van der Waals surface area contributed by atoms with Gasteiger partial charge in [0.05, 0.1) is 9.82 Å². The zero-order valence-corrected chi connectivity index (χ0v) is 11.0. The SMILES string of the molecule is NCCc1ccc(Sc2ccccn2)c([N+](=O)[O-])c1. The Hall–Kier alpha value is -1.92. The zero-order chi connectivity index (χ0) is 13.7. The van der Waals surface area contributed by atoms with Gasteiger partial charge in [-0.05, 0) is 36.7 Å². The maximum atomic E-state index is 11.1. The van der Waals surface area contributed by atoms with Gasteiger partial charge in [-0.2, -0.15) is 0 Å². The number of nitrogens with two attached hydrogens (primary N) is 1. The van der Waals surface area contributed by atoms with Gasteiger partial charge in [-0.3, -0.25) is 10.1 Å². The molecule has 19 heavy (non-hydrogen) atoms. The van der Waals surface area contributed by atoms with Crippen LogP contribution in [0.1, 0.15) is 5.56 Å². The molecule has 5 nitrogen and oxygen atoms in total. The Labute approximate surface area is 115 Å². The summed E-state index contributed by atoms with van der Waals surface area (Å²) in [5, 5.41) is 11.8. The first-order valence-corrected chi connectivity index (χ1v) is 6.58. The summed E-state index contributed by atoms with van der Waals surface area (Å²) in [7, 11) is 0. The smallest absolute Gasteiger partial charge is 0.283 e. The third-order valence-corrected chi connectivity index (χ3v) is 3.52. The number of nitro benzene ring substituents is 1. The molecule has 0 amide bonds. The molecular weight excluding hydrogens is 262 g/mol. The van der Waals surface area contributed by atoms with Crippen LogP contribution >= 0.6 is 11.8 Å². The van der Waals surface area contributed by atoms with Gasteiger partial charge in [0.2, 0.25) is 0 Å². The first-order valence-electron chi connectivity index (χ1n) is 5.77. The molecular formula is C13H13N3O2S. The lowest BCUT2D eigenvalue weighted by molar-refractivity contribution is -0.387. The van der Waals surface area contributed by atoms with Crippen molar-refractivity contribution in [1.29, 1.82) is 0 Å². The van der Waals surface area contributed by atoms with Crippen LogP contribution in [0.25, 0.3) is 0 Å². The van der Waals surface area contributed by atoms with Gasteiger partial charge in [0.15, 0.2) is 0 Å². The summed E-state index contributed by atoms with van der Waals surface area (Å²) >= 11 is 1.29. The highest BCUT2D eigenvalue weighted by Gasteiger charge is 2.15. The van der Waals surface area contributed by atoms with Crippen LogP contribution in [0, 0.1) is 10.1 Å². The lowest BCUT2D eigenvalue weighted by atomic mass is 10.1. The van der Waals surface area contributed by atoms with Gasteiger partial charge < -0.3 is 5.73 Å². The van der Waals surface area contributed by atoms with Gasteiger partial charge in [-0.1, -0.05) is 23.9 Å². The van der Waals surface area contributed by atoms with Crippen LogP contribution in [0.15, 0.2) is 52.5 Å². The van der Waals surface area contributed by atoms with E-state index in [0.29, 0.717) is 17.9 Å². The predicted molar refractivity (Wildman–Crippen MR) is 74.2 cm³/mol. The molecule has 0 bridgehead atoms. The number of benzene rings is 1. The average Bonchev–Trinajstić information content (AvgIpc) is 2.42. The van der Waals surface area contributed by atoms with E-state index < -0.39 is 0 Å². The van der Waals surface area contributed by atoms with Crippen LogP contribution in [0.5, 0.6) is 0 Å². The molecule has 0 radical (unpaired) electrons. The van der Waals surface area contributed by atoms with Crippen molar-refractivity contribution >= 4 is 17.4 Å². The van der Waals surface area contributed by atoms with E-state index in [9.17, 15) is 10.1 Å². The van der Waals surface area contributed by atoms with Crippen molar-refractivity contribution in [2.45, 2.75) is 16.3 Å². The molecule has 1 aromatic heterocycles. The van der Waals surface area contributed by atoms with Crippen molar-refractivity contribution in [3.8, 4) is 0 Å². The molecule has 1 heterocycles. The highest BCUT2D eigenvalue weighted by atomic mass is 32.2. The molecule has 0 fully saturated rings. The first kappa shape index (κ1) is 13.5.